The van der Waals surface area contributed by atoms with Crippen molar-refractivity contribution in [1.29, 1.82) is 5.26 Å². The van der Waals surface area contributed by atoms with E-state index in [2.05, 4.69) is 10.6 Å². The minimum atomic E-state index is -0.936. The number of hydrogen-bond acceptors (Lipinski definition) is 4. The van der Waals surface area contributed by atoms with Crippen LogP contribution >= 0.6 is 0 Å². The van der Waals surface area contributed by atoms with Gasteiger partial charge in [0.2, 0.25) is 5.91 Å². The van der Waals surface area contributed by atoms with Crippen molar-refractivity contribution in [2.45, 2.75) is 45.6 Å². The average molecular weight is 294 g/mol. The molecule has 116 valence electrons. The van der Waals surface area contributed by atoms with Crippen molar-refractivity contribution < 1.29 is 14.4 Å². The number of carbonyl (C=O) groups is 3. The third kappa shape index (κ3) is 4.45. The second-order valence-corrected chi connectivity index (χ2v) is 5.84. The fourth-order valence-electron chi connectivity index (χ4n) is 2.09. The van der Waals surface area contributed by atoms with E-state index in [0.29, 0.717) is 12.3 Å². The maximum atomic E-state index is 12.3. The molecular formula is C14H22N4O3. The Morgan fingerprint density at radius 2 is 2.14 bits per heavy atom. The zero-order valence-electron chi connectivity index (χ0n) is 12.7. The van der Waals surface area contributed by atoms with E-state index in [0.717, 1.165) is 11.3 Å². The predicted molar refractivity (Wildman–Crippen MR) is 76.0 cm³/mol. The van der Waals surface area contributed by atoms with Crippen molar-refractivity contribution >= 4 is 17.8 Å². The third-order valence-electron chi connectivity index (χ3n) is 3.43. The molecule has 0 aromatic rings. The standard InChI is InChI=1S/C14H22N4O3/c1-10(2)5-6-14(3)12(20)18(13(21)17-14)9-11(19)16-8-4-7-15/h10H,4-6,8-9H2,1-3H3,(H,16,19)(H,17,21)/t14-/m1/s1. The van der Waals surface area contributed by atoms with Crippen LogP contribution in [0.25, 0.3) is 0 Å². The molecule has 1 atom stereocenters. The zero-order valence-corrected chi connectivity index (χ0v) is 12.7. The number of hydrogen-bond donors (Lipinski definition) is 2. The van der Waals surface area contributed by atoms with Gasteiger partial charge in [-0.2, -0.15) is 5.26 Å². The fourth-order valence-corrected chi connectivity index (χ4v) is 2.09. The maximum Gasteiger partial charge on any atom is 0.325 e. The lowest BCUT2D eigenvalue weighted by atomic mass is 9.92. The molecule has 0 spiro atoms. The lowest BCUT2D eigenvalue weighted by molar-refractivity contribution is -0.134. The molecule has 2 N–H and O–H groups in total. The van der Waals surface area contributed by atoms with Crippen LogP contribution in [0.5, 0.6) is 0 Å². The van der Waals surface area contributed by atoms with Gasteiger partial charge in [0, 0.05) is 6.54 Å². The van der Waals surface area contributed by atoms with Crippen molar-refractivity contribution in [1.82, 2.24) is 15.5 Å². The van der Waals surface area contributed by atoms with Crippen molar-refractivity contribution in [3.05, 3.63) is 0 Å². The number of nitrogens with zero attached hydrogens (tertiary/aromatic N) is 2. The summed E-state index contributed by atoms with van der Waals surface area (Å²) in [6.45, 7) is 5.68. The largest absolute Gasteiger partial charge is 0.354 e. The average Bonchev–Trinajstić information content (AvgIpc) is 2.61. The predicted octanol–water partition coefficient (Wildman–Crippen LogP) is 0.763. The summed E-state index contributed by atoms with van der Waals surface area (Å²) in [5, 5.41) is 13.5. The smallest absolute Gasteiger partial charge is 0.325 e. The van der Waals surface area contributed by atoms with E-state index >= 15 is 0 Å². The molecule has 0 bridgehead atoms. The van der Waals surface area contributed by atoms with Gasteiger partial charge >= 0.3 is 6.03 Å². The minimum Gasteiger partial charge on any atom is -0.354 e. The first kappa shape index (κ1) is 17.0. The summed E-state index contributed by atoms with van der Waals surface area (Å²) in [5.74, 6) is -0.389. The summed E-state index contributed by atoms with van der Waals surface area (Å²) in [4.78, 5) is 36.8. The number of carbonyl (C=O) groups excluding carboxylic acids is 3. The molecular weight excluding hydrogens is 272 g/mol. The van der Waals surface area contributed by atoms with Gasteiger partial charge in [-0.25, -0.2) is 4.79 Å². The van der Waals surface area contributed by atoms with Crippen molar-refractivity contribution in [2.75, 3.05) is 13.1 Å². The number of rotatable bonds is 7. The summed E-state index contributed by atoms with van der Waals surface area (Å²) in [7, 11) is 0. The van der Waals surface area contributed by atoms with Gasteiger partial charge < -0.3 is 10.6 Å². The van der Waals surface area contributed by atoms with Crippen LogP contribution in [-0.2, 0) is 9.59 Å². The first-order chi connectivity index (χ1) is 9.80. The third-order valence-corrected chi connectivity index (χ3v) is 3.43. The molecule has 1 heterocycles. The first-order valence-corrected chi connectivity index (χ1v) is 7.08. The highest BCUT2D eigenvalue weighted by atomic mass is 16.2. The topological polar surface area (TPSA) is 102 Å². The van der Waals surface area contributed by atoms with E-state index in [1.54, 1.807) is 6.92 Å². The number of urea groups is 1. The van der Waals surface area contributed by atoms with Gasteiger partial charge in [-0.15, -0.1) is 0 Å². The second-order valence-electron chi connectivity index (χ2n) is 5.84. The Kier molecular flexibility index (Phi) is 5.70. The van der Waals surface area contributed by atoms with Crippen LogP contribution in [0.4, 0.5) is 4.79 Å². The second kappa shape index (κ2) is 7.07. The Morgan fingerprint density at radius 3 is 2.71 bits per heavy atom. The Hall–Kier alpha value is -2.10. The molecule has 4 amide bonds. The molecule has 21 heavy (non-hydrogen) atoms. The molecule has 1 aliphatic heterocycles. The van der Waals surface area contributed by atoms with E-state index in [1.165, 1.54) is 0 Å². The van der Waals surface area contributed by atoms with E-state index in [-0.39, 0.29) is 25.4 Å². The Balaban J connectivity index is 2.60. The van der Waals surface area contributed by atoms with Crippen molar-refractivity contribution in [2.24, 2.45) is 5.92 Å². The molecule has 1 rings (SSSR count). The molecule has 0 aliphatic carbocycles. The molecule has 1 fully saturated rings. The summed E-state index contributed by atoms with van der Waals surface area (Å²) in [6, 6.07) is 1.36. The van der Waals surface area contributed by atoms with E-state index in [9.17, 15) is 14.4 Å². The molecule has 1 saturated heterocycles. The Morgan fingerprint density at radius 1 is 1.48 bits per heavy atom. The molecule has 7 nitrogen and oxygen atoms in total. The summed E-state index contributed by atoms with van der Waals surface area (Å²) in [6.07, 6.45) is 1.55. The molecule has 0 aromatic heterocycles. The lowest BCUT2D eigenvalue weighted by Gasteiger charge is -2.22. The summed E-state index contributed by atoms with van der Waals surface area (Å²) < 4.78 is 0. The summed E-state index contributed by atoms with van der Waals surface area (Å²) >= 11 is 0. The van der Waals surface area contributed by atoms with E-state index in [4.69, 9.17) is 5.26 Å². The van der Waals surface area contributed by atoms with Gasteiger partial charge in [-0.3, -0.25) is 14.5 Å². The van der Waals surface area contributed by atoms with E-state index in [1.807, 2.05) is 19.9 Å². The maximum absolute atomic E-state index is 12.3. The fraction of sp³-hybridized carbons (Fsp3) is 0.714. The van der Waals surface area contributed by atoms with Gasteiger partial charge in [0.05, 0.1) is 12.5 Å². The Bertz CT molecular complexity index is 469. The van der Waals surface area contributed by atoms with Gasteiger partial charge in [0.15, 0.2) is 0 Å². The molecule has 0 saturated carbocycles. The lowest BCUT2D eigenvalue weighted by Crippen LogP contribution is -2.45. The zero-order chi connectivity index (χ0) is 16.0. The molecule has 7 heteroatoms. The summed E-state index contributed by atoms with van der Waals surface area (Å²) in [5.41, 5.74) is -0.936. The molecule has 0 radical (unpaired) electrons. The number of nitriles is 1. The van der Waals surface area contributed by atoms with Crippen LogP contribution in [0.3, 0.4) is 0 Å². The van der Waals surface area contributed by atoms with Gasteiger partial charge in [-0.05, 0) is 25.7 Å². The minimum absolute atomic E-state index is 0.192. The van der Waals surface area contributed by atoms with Crippen LogP contribution in [0, 0.1) is 17.2 Å². The van der Waals surface area contributed by atoms with Crippen LogP contribution in [0.2, 0.25) is 0 Å². The number of imide groups is 1. The monoisotopic (exact) mass is 294 g/mol. The number of amides is 4. The highest BCUT2D eigenvalue weighted by Crippen LogP contribution is 2.24. The Labute approximate surface area is 124 Å². The quantitative estimate of drug-likeness (QED) is 0.534. The van der Waals surface area contributed by atoms with Crippen molar-refractivity contribution in [3.8, 4) is 6.07 Å². The highest BCUT2D eigenvalue weighted by Gasteiger charge is 2.47. The SMILES string of the molecule is CC(C)CC[C@@]1(C)NC(=O)N(CC(=O)NCCC#N)C1=O. The first-order valence-electron chi connectivity index (χ1n) is 7.08. The van der Waals surface area contributed by atoms with Crippen LogP contribution in [0.1, 0.15) is 40.0 Å². The van der Waals surface area contributed by atoms with Crippen LogP contribution in [0.15, 0.2) is 0 Å². The molecule has 0 unspecified atom stereocenters. The normalized spacial score (nSPS) is 21.4. The molecule has 1 aliphatic rings. The highest BCUT2D eigenvalue weighted by molar-refractivity contribution is 6.08. The molecule has 0 aromatic carbocycles. The van der Waals surface area contributed by atoms with Gasteiger partial charge in [0.1, 0.15) is 12.1 Å². The van der Waals surface area contributed by atoms with Crippen LogP contribution < -0.4 is 10.6 Å². The van der Waals surface area contributed by atoms with Crippen LogP contribution in [-0.4, -0.2) is 41.4 Å². The number of nitrogens with one attached hydrogen (secondary N) is 2. The van der Waals surface area contributed by atoms with Gasteiger partial charge in [-0.1, -0.05) is 13.8 Å². The van der Waals surface area contributed by atoms with Crippen molar-refractivity contribution in [3.63, 3.8) is 0 Å². The van der Waals surface area contributed by atoms with E-state index < -0.39 is 17.5 Å². The van der Waals surface area contributed by atoms with Gasteiger partial charge in [0.25, 0.3) is 5.91 Å².